The molecule has 0 aliphatic carbocycles. The second-order valence-corrected chi connectivity index (χ2v) is 4.25. The Morgan fingerprint density at radius 2 is 2.38 bits per heavy atom. The molecule has 4 nitrogen and oxygen atoms in total. The summed E-state index contributed by atoms with van der Waals surface area (Å²) >= 11 is 3.96. The molecule has 0 fully saturated rings. The fourth-order valence-electron chi connectivity index (χ4n) is 0.736. The van der Waals surface area contributed by atoms with Crippen molar-refractivity contribution in [2.24, 2.45) is 5.92 Å². The number of carbonyl (C=O) groups is 1. The van der Waals surface area contributed by atoms with Gasteiger partial charge in [-0.1, -0.05) is 7.66 Å². The van der Waals surface area contributed by atoms with E-state index in [4.69, 9.17) is 9.76 Å². The van der Waals surface area contributed by atoms with E-state index in [1.165, 1.54) is 6.92 Å². The van der Waals surface area contributed by atoms with Gasteiger partial charge in [-0.25, -0.2) is 0 Å². The van der Waals surface area contributed by atoms with Crippen molar-refractivity contribution in [1.29, 1.82) is 0 Å². The SMILES string of the molecule is C[C@H](C(=O)O)[C@H](O)CCOBPS. The van der Waals surface area contributed by atoms with Crippen molar-refractivity contribution in [2.45, 2.75) is 19.4 Å². The number of carboxylic acid groups (broad SMARTS) is 1. The Morgan fingerprint density at radius 1 is 1.77 bits per heavy atom. The maximum Gasteiger partial charge on any atom is 0.310 e. The highest BCUT2D eigenvalue weighted by Crippen LogP contribution is 2.12. The smallest absolute Gasteiger partial charge is 0.310 e. The number of thiol groups is 1. The molecule has 0 aromatic carbocycles. The lowest BCUT2D eigenvalue weighted by atomic mass is 10.0. The Labute approximate surface area is 85.2 Å². The molecule has 3 atom stereocenters. The molecule has 0 aromatic rings. The van der Waals surface area contributed by atoms with Gasteiger partial charge in [0.15, 0.2) is 0 Å². The number of aliphatic carboxylic acids is 1. The summed E-state index contributed by atoms with van der Waals surface area (Å²) in [7, 11) is 0.978. The van der Waals surface area contributed by atoms with E-state index in [9.17, 15) is 9.90 Å². The third-order valence-corrected chi connectivity index (χ3v) is 2.41. The summed E-state index contributed by atoms with van der Waals surface area (Å²) in [4.78, 5) is 10.4. The summed E-state index contributed by atoms with van der Waals surface area (Å²) in [6.07, 6.45) is -0.480. The number of aliphatic hydroxyl groups excluding tert-OH is 1. The minimum atomic E-state index is -0.983. The Bertz CT molecular complexity index is 160. The van der Waals surface area contributed by atoms with Crippen molar-refractivity contribution >= 4 is 33.1 Å². The fraction of sp³-hybridized carbons (Fsp3) is 0.833. The monoisotopic (exact) mass is 224 g/mol. The van der Waals surface area contributed by atoms with Gasteiger partial charge >= 0.3 is 13.2 Å². The fourth-order valence-corrected chi connectivity index (χ4v) is 1.25. The third kappa shape index (κ3) is 6.33. The van der Waals surface area contributed by atoms with Crippen molar-refractivity contribution < 1.29 is 19.7 Å². The quantitative estimate of drug-likeness (QED) is 0.251. The molecule has 76 valence electrons. The van der Waals surface area contributed by atoms with E-state index in [1.54, 1.807) is 0 Å². The normalized spacial score (nSPS) is 15.9. The van der Waals surface area contributed by atoms with Crippen LogP contribution in [0.2, 0.25) is 0 Å². The van der Waals surface area contributed by atoms with Gasteiger partial charge in [0.1, 0.15) is 0 Å². The van der Waals surface area contributed by atoms with Crippen molar-refractivity contribution in [2.75, 3.05) is 6.61 Å². The maximum atomic E-state index is 10.4. The van der Waals surface area contributed by atoms with Gasteiger partial charge in [0, 0.05) is 6.61 Å². The zero-order valence-corrected chi connectivity index (χ0v) is 9.33. The molecule has 0 radical (unpaired) electrons. The number of hydrogen-bond acceptors (Lipinski definition) is 4. The van der Waals surface area contributed by atoms with Crippen LogP contribution in [0.5, 0.6) is 0 Å². The van der Waals surface area contributed by atoms with Crippen LogP contribution < -0.4 is 0 Å². The van der Waals surface area contributed by atoms with E-state index in [0.717, 1.165) is 0 Å². The summed E-state index contributed by atoms with van der Waals surface area (Å²) in [6.45, 7) is 1.86. The highest BCUT2D eigenvalue weighted by atomic mass is 32.7. The molecule has 0 saturated carbocycles. The first-order valence-electron chi connectivity index (χ1n) is 3.95. The molecule has 13 heavy (non-hydrogen) atoms. The zero-order valence-electron chi connectivity index (χ0n) is 7.43. The third-order valence-electron chi connectivity index (χ3n) is 1.69. The minimum absolute atomic E-state index is 0.353. The van der Waals surface area contributed by atoms with E-state index in [0.29, 0.717) is 27.9 Å². The van der Waals surface area contributed by atoms with E-state index in [-0.39, 0.29) is 0 Å². The van der Waals surface area contributed by atoms with E-state index >= 15 is 0 Å². The van der Waals surface area contributed by atoms with E-state index in [2.05, 4.69) is 12.2 Å². The lowest BCUT2D eigenvalue weighted by Gasteiger charge is -2.14. The average molecular weight is 224 g/mol. The minimum Gasteiger partial charge on any atom is -0.481 e. The van der Waals surface area contributed by atoms with Crippen molar-refractivity contribution in [3.05, 3.63) is 0 Å². The lowest BCUT2D eigenvalue weighted by Crippen LogP contribution is -2.26. The summed E-state index contributed by atoms with van der Waals surface area (Å²) in [5.74, 6) is -1.72. The topological polar surface area (TPSA) is 66.8 Å². The first-order chi connectivity index (χ1) is 6.09. The van der Waals surface area contributed by atoms with Crippen LogP contribution in [0.15, 0.2) is 0 Å². The van der Waals surface area contributed by atoms with Gasteiger partial charge in [0.2, 0.25) is 0 Å². The molecule has 0 saturated heterocycles. The van der Waals surface area contributed by atoms with E-state index in [1.807, 2.05) is 0 Å². The molecule has 0 amide bonds. The predicted octanol–water partition coefficient (Wildman–Crippen LogP) is 0.264. The largest absolute Gasteiger partial charge is 0.481 e. The number of carboxylic acids is 1. The first-order valence-corrected chi connectivity index (χ1v) is 6.44. The molecule has 2 N–H and O–H groups in total. The van der Waals surface area contributed by atoms with E-state index < -0.39 is 18.0 Å². The molecule has 0 spiro atoms. The average Bonchev–Trinajstić information content (AvgIpc) is 2.10. The van der Waals surface area contributed by atoms with Gasteiger partial charge in [-0.15, -0.1) is 0 Å². The van der Waals surface area contributed by atoms with Crippen LogP contribution in [0.25, 0.3) is 0 Å². The van der Waals surface area contributed by atoms with Crippen LogP contribution >= 0.6 is 19.9 Å². The second-order valence-electron chi connectivity index (χ2n) is 2.69. The van der Waals surface area contributed by atoms with Crippen LogP contribution in [0.4, 0.5) is 0 Å². The first kappa shape index (κ1) is 13.2. The standard InChI is InChI=1S/C6H14BO4PS/c1-4(6(9)10)5(8)2-3-11-7-12-13/h4-5,7-8,12-13H,2-3H2,1H3,(H,9,10)/t4-,5+/m0/s1. The van der Waals surface area contributed by atoms with Crippen LogP contribution in [0.3, 0.4) is 0 Å². The molecule has 0 rings (SSSR count). The molecule has 0 bridgehead atoms. The molecule has 0 heterocycles. The summed E-state index contributed by atoms with van der Waals surface area (Å²) in [5.41, 5.74) is 0. The van der Waals surface area contributed by atoms with Crippen LogP contribution in [0.1, 0.15) is 13.3 Å². The van der Waals surface area contributed by atoms with Crippen molar-refractivity contribution in [3.63, 3.8) is 0 Å². The highest BCUT2D eigenvalue weighted by Gasteiger charge is 2.20. The Balaban J connectivity index is 3.50. The van der Waals surface area contributed by atoms with Crippen LogP contribution in [-0.2, 0) is 9.45 Å². The van der Waals surface area contributed by atoms with Gasteiger partial charge in [-0.05, 0) is 13.3 Å². The Kier molecular flexibility index (Phi) is 7.76. The molecule has 7 heteroatoms. The number of rotatable bonds is 7. The molecular formula is C6H14BO4PS. The highest BCUT2D eigenvalue weighted by molar-refractivity contribution is 8.46. The summed E-state index contributed by atoms with van der Waals surface area (Å²) in [5, 5.41) is 17.9. The van der Waals surface area contributed by atoms with Gasteiger partial charge in [0.25, 0.3) is 0 Å². The Morgan fingerprint density at radius 3 is 2.85 bits per heavy atom. The van der Waals surface area contributed by atoms with Gasteiger partial charge in [-0.2, -0.15) is 12.2 Å². The van der Waals surface area contributed by atoms with Gasteiger partial charge < -0.3 is 14.9 Å². The summed E-state index contributed by atoms with van der Waals surface area (Å²) < 4.78 is 5.07. The zero-order chi connectivity index (χ0) is 10.3. The lowest BCUT2D eigenvalue weighted by molar-refractivity contribution is -0.145. The number of hydrogen-bond donors (Lipinski definition) is 3. The maximum absolute atomic E-state index is 10.4. The van der Waals surface area contributed by atoms with Crippen LogP contribution in [0, 0.1) is 5.92 Å². The van der Waals surface area contributed by atoms with Crippen molar-refractivity contribution in [3.8, 4) is 0 Å². The molecule has 0 aliphatic heterocycles. The predicted molar refractivity (Wildman–Crippen MR) is 57.8 cm³/mol. The van der Waals surface area contributed by atoms with Gasteiger partial charge in [0.05, 0.1) is 12.0 Å². The van der Waals surface area contributed by atoms with Gasteiger partial charge in [-0.3, -0.25) is 4.79 Å². The van der Waals surface area contributed by atoms with Crippen molar-refractivity contribution in [1.82, 2.24) is 0 Å². The molecule has 1 unspecified atom stereocenters. The second kappa shape index (κ2) is 7.62. The molecule has 0 aliphatic rings. The molecule has 0 aromatic heterocycles. The number of aliphatic hydroxyl groups is 1. The van der Waals surface area contributed by atoms with Crippen LogP contribution in [-0.4, -0.2) is 36.1 Å². The Hall–Kier alpha value is 0.235. The molecular weight excluding hydrogens is 210 g/mol. The summed E-state index contributed by atoms with van der Waals surface area (Å²) in [6, 6.07) is 0.